The molecule has 1 atom stereocenters. The molecular weight excluding hydrogens is 369 g/mol. The van der Waals surface area contributed by atoms with Gasteiger partial charge in [-0.1, -0.05) is 6.07 Å². The van der Waals surface area contributed by atoms with Crippen LogP contribution >= 0.6 is 0 Å². The lowest BCUT2D eigenvalue weighted by atomic mass is 10.2. The Balaban J connectivity index is 2.09. The quantitative estimate of drug-likeness (QED) is 0.509. The summed E-state index contributed by atoms with van der Waals surface area (Å²) in [6.07, 6.45) is -3.91. The van der Waals surface area contributed by atoms with Crippen LogP contribution in [0.2, 0.25) is 0 Å². The third-order valence-electron chi connectivity index (χ3n) is 3.76. The molecule has 0 amide bonds. The van der Waals surface area contributed by atoms with E-state index in [4.69, 9.17) is 0 Å². The van der Waals surface area contributed by atoms with Crippen molar-refractivity contribution in [3.8, 4) is 5.88 Å². The second-order valence-electron chi connectivity index (χ2n) is 5.52. The van der Waals surface area contributed by atoms with Gasteiger partial charge in [0.25, 0.3) is 11.2 Å². The summed E-state index contributed by atoms with van der Waals surface area (Å²) >= 11 is 0. The van der Waals surface area contributed by atoms with Crippen LogP contribution in [0.3, 0.4) is 0 Å². The first-order valence-corrected chi connectivity index (χ1v) is 7.54. The number of alkyl halides is 3. The number of hydrogen-bond acceptors (Lipinski definition) is 6. The topological polar surface area (TPSA) is 100 Å². The number of rotatable bonds is 4. The van der Waals surface area contributed by atoms with Gasteiger partial charge >= 0.3 is 6.36 Å². The van der Waals surface area contributed by atoms with Crippen LogP contribution < -0.4 is 10.3 Å². The Bertz CT molecular complexity index is 1080. The Morgan fingerprint density at radius 2 is 2.00 bits per heavy atom. The van der Waals surface area contributed by atoms with Gasteiger partial charge < -0.3 is 4.74 Å². The first-order chi connectivity index (χ1) is 12.7. The number of nitrogens with zero attached hydrogens (tertiary/aromatic N) is 4. The lowest BCUT2D eigenvalue weighted by Gasteiger charge is -2.18. The Labute approximate surface area is 149 Å². The molecule has 0 unspecified atom stereocenters. The summed E-state index contributed by atoms with van der Waals surface area (Å²) in [5, 5.41) is 10.9. The van der Waals surface area contributed by atoms with E-state index in [2.05, 4.69) is 14.7 Å². The van der Waals surface area contributed by atoms with Gasteiger partial charge in [0.1, 0.15) is 0 Å². The van der Waals surface area contributed by atoms with Crippen molar-refractivity contribution in [2.45, 2.75) is 19.3 Å². The maximum atomic E-state index is 12.4. The molecule has 27 heavy (non-hydrogen) atoms. The SMILES string of the molecule is C[C@@H](c1cccc(OC(F)(F)F)n1)n1c(=O)cnc2cc([N+](=O)[O-])ccc21. The highest BCUT2D eigenvalue weighted by molar-refractivity contribution is 5.77. The van der Waals surface area contributed by atoms with Crippen LogP contribution in [-0.2, 0) is 0 Å². The Morgan fingerprint density at radius 3 is 2.67 bits per heavy atom. The van der Waals surface area contributed by atoms with E-state index >= 15 is 0 Å². The van der Waals surface area contributed by atoms with Crippen LogP contribution in [0, 0.1) is 10.1 Å². The van der Waals surface area contributed by atoms with Crippen molar-refractivity contribution in [3.05, 3.63) is 68.8 Å². The zero-order chi connectivity index (χ0) is 19.8. The number of nitro groups is 1. The largest absolute Gasteiger partial charge is 0.574 e. The van der Waals surface area contributed by atoms with Crippen molar-refractivity contribution in [1.29, 1.82) is 0 Å². The lowest BCUT2D eigenvalue weighted by Crippen LogP contribution is -2.25. The maximum absolute atomic E-state index is 12.4. The highest BCUT2D eigenvalue weighted by Crippen LogP contribution is 2.25. The molecule has 11 heteroatoms. The predicted molar refractivity (Wildman–Crippen MR) is 87.4 cm³/mol. The minimum absolute atomic E-state index is 0.143. The second-order valence-corrected chi connectivity index (χ2v) is 5.52. The van der Waals surface area contributed by atoms with Gasteiger partial charge in [-0.15, -0.1) is 13.2 Å². The number of non-ortho nitro benzene ring substituents is 1. The van der Waals surface area contributed by atoms with Crippen LogP contribution in [0.5, 0.6) is 5.88 Å². The summed E-state index contributed by atoms with van der Waals surface area (Å²) in [5.41, 5.74) is -0.119. The van der Waals surface area contributed by atoms with Crippen LogP contribution in [0.4, 0.5) is 18.9 Å². The summed E-state index contributed by atoms with van der Waals surface area (Å²) in [6.45, 7) is 1.56. The van der Waals surface area contributed by atoms with Crippen molar-refractivity contribution in [3.63, 3.8) is 0 Å². The standard InChI is InChI=1S/C16H11F3N4O4/c1-9(11-3-2-4-14(21-11)27-16(17,18)19)22-13-6-5-10(23(25)26)7-12(13)20-8-15(22)24/h2-9H,1H3/t9-/m0/s1. The monoisotopic (exact) mass is 380 g/mol. The van der Waals surface area contributed by atoms with Gasteiger partial charge in [0.15, 0.2) is 0 Å². The fourth-order valence-electron chi connectivity index (χ4n) is 2.61. The summed E-state index contributed by atoms with van der Waals surface area (Å²) in [7, 11) is 0. The van der Waals surface area contributed by atoms with Crippen LogP contribution in [0.25, 0.3) is 11.0 Å². The summed E-state index contributed by atoms with van der Waals surface area (Å²) in [5.74, 6) is -0.658. The number of pyridine rings is 1. The highest BCUT2D eigenvalue weighted by atomic mass is 19.4. The number of halogens is 3. The minimum atomic E-state index is -4.89. The minimum Gasteiger partial charge on any atom is -0.388 e. The molecule has 0 fully saturated rings. The molecule has 0 N–H and O–H groups in total. The molecule has 3 aromatic rings. The molecule has 0 spiro atoms. The third-order valence-corrected chi connectivity index (χ3v) is 3.76. The van der Waals surface area contributed by atoms with Crippen molar-refractivity contribution < 1.29 is 22.8 Å². The van der Waals surface area contributed by atoms with Crippen LogP contribution in [0.15, 0.2) is 47.4 Å². The molecule has 140 valence electrons. The molecule has 0 radical (unpaired) electrons. The number of hydrogen-bond donors (Lipinski definition) is 0. The van der Waals surface area contributed by atoms with Gasteiger partial charge in [-0.3, -0.25) is 19.5 Å². The predicted octanol–water partition coefficient (Wildman–Crippen LogP) is 3.21. The van der Waals surface area contributed by atoms with E-state index in [9.17, 15) is 28.1 Å². The molecule has 1 aromatic carbocycles. The van der Waals surface area contributed by atoms with Gasteiger partial charge in [0, 0.05) is 18.2 Å². The Morgan fingerprint density at radius 1 is 1.26 bits per heavy atom. The molecule has 2 aromatic heterocycles. The van der Waals surface area contributed by atoms with Crippen LogP contribution in [0.1, 0.15) is 18.7 Å². The molecule has 0 aliphatic heterocycles. The summed E-state index contributed by atoms with van der Waals surface area (Å²) in [6, 6.07) is 6.80. The van der Waals surface area contributed by atoms with Crippen molar-refractivity contribution >= 4 is 16.7 Å². The van der Waals surface area contributed by atoms with E-state index in [1.165, 1.54) is 34.9 Å². The average molecular weight is 380 g/mol. The molecule has 0 bridgehead atoms. The zero-order valence-electron chi connectivity index (χ0n) is 13.7. The fraction of sp³-hybridized carbons (Fsp3) is 0.188. The number of nitro benzene ring substituents is 1. The molecule has 0 saturated heterocycles. The van der Waals surface area contributed by atoms with E-state index < -0.39 is 28.8 Å². The van der Waals surface area contributed by atoms with Gasteiger partial charge in [-0.25, -0.2) is 9.97 Å². The van der Waals surface area contributed by atoms with E-state index in [0.29, 0.717) is 0 Å². The maximum Gasteiger partial charge on any atom is 0.574 e. The van der Waals surface area contributed by atoms with Crippen molar-refractivity contribution in [2.24, 2.45) is 0 Å². The zero-order valence-corrected chi connectivity index (χ0v) is 13.7. The van der Waals surface area contributed by atoms with Gasteiger partial charge in [-0.2, -0.15) is 0 Å². The Hall–Kier alpha value is -3.50. The van der Waals surface area contributed by atoms with Crippen molar-refractivity contribution in [2.75, 3.05) is 0 Å². The average Bonchev–Trinajstić information content (AvgIpc) is 2.59. The normalized spacial score (nSPS) is 12.7. The van der Waals surface area contributed by atoms with E-state index in [1.807, 2.05) is 0 Å². The number of ether oxygens (including phenoxy) is 1. The van der Waals surface area contributed by atoms with Gasteiger partial charge in [-0.05, 0) is 19.1 Å². The van der Waals surface area contributed by atoms with Crippen LogP contribution in [-0.4, -0.2) is 25.8 Å². The molecule has 0 saturated carbocycles. The Kier molecular flexibility index (Phi) is 4.52. The lowest BCUT2D eigenvalue weighted by molar-refractivity contribution is -0.384. The molecule has 0 aliphatic carbocycles. The molecule has 8 nitrogen and oxygen atoms in total. The second kappa shape index (κ2) is 6.67. The molecule has 2 heterocycles. The molecule has 3 rings (SSSR count). The smallest absolute Gasteiger partial charge is 0.388 e. The van der Waals surface area contributed by atoms with Gasteiger partial charge in [0.05, 0.1) is 33.9 Å². The van der Waals surface area contributed by atoms with Crippen molar-refractivity contribution in [1.82, 2.24) is 14.5 Å². The highest BCUT2D eigenvalue weighted by Gasteiger charge is 2.32. The number of aromatic nitrogens is 3. The summed E-state index contributed by atoms with van der Waals surface area (Å²) in [4.78, 5) is 30.3. The van der Waals surface area contributed by atoms with Gasteiger partial charge in [0.2, 0.25) is 5.88 Å². The molecule has 0 aliphatic rings. The number of fused-ring (bicyclic) bond motifs is 1. The van der Waals surface area contributed by atoms with E-state index in [1.54, 1.807) is 6.92 Å². The third kappa shape index (κ3) is 3.86. The van der Waals surface area contributed by atoms with E-state index in [0.717, 1.165) is 12.3 Å². The fourth-order valence-corrected chi connectivity index (χ4v) is 2.61. The first kappa shape index (κ1) is 18.3. The molecular formula is C16H11F3N4O4. The first-order valence-electron chi connectivity index (χ1n) is 7.54. The number of benzene rings is 1. The van der Waals surface area contributed by atoms with E-state index in [-0.39, 0.29) is 22.4 Å². The summed E-state index contributed by atoms with van der Waals surface area (Å²) < 4.78 is 42.2.